The van der Waals surface area contributed by atoms with Crippen LogP contribution in [0.1, 0.15) is 30.3 Å². The summed E-state index contributed by atoms with van der Waals surface area (Å²) in [6, 6.07) is 7.64. The molecule has 1 aromatic heterocycles. The normalized spacial score (nSPS) is 12.4. The highest BCUT2D eigenvalue weighted by molar-refractivity contribution is 5.28. The molecule has 1 aromatic carbocycles. The van der Waals surface area contributed by atoms with E-state index in [1.165, 1.54) is 0 Å². The van der Waals surface area contributed by atoms with E-state index in [0.29, 0.717) is 12.2 Å². The molecule has 5 heteroatoms. The third-order valence-electron chi connectivity index (χ3n) is 2.36. The van der Waals surface area contributed by atoms with Crippen LogP contribution in [0.3, 0.4) is 0 Å². The first-order valence-electron chi connectivity index (χ1n) is 5.32. The number of hydrogen-bond donors (Lipinski definition) is 1. The van der Waals surface area contributed by atoms with Crippen LogP contribution >= 0.6 is 0 Å². The van der Waals surface area contributed by atoms with Crippen molar-refractivity contribution in [1.29, 1.82) is 0 Å². The number of aromatic nitrogens is 2. The molecule has 0 saturated heterocycles. The molecule has 5 nitrogen and oxygen atoms in total. The Morgan fingerprint density at radius 3 is 2.59 bits per heavy atom. The van der Waals surface area contributed by atoms with Gasteiger partial charge in [0.25, 0.3) is 5.89 Å². The third kappa shape index (κ3) is 2.82. The molecule has 2 aromatic rings. The van der Waals surface area contributed by atoms with Crippen molar-refractivity contribution in [2.45, 2.75) is 19.4 Å². The lowest BCUT2D eigenvalue weighted by atomic mass is 10.1. The number of rotatable bonds is 4. The zero-order valence-corrected chi connectivity index (χ0v) is 9.75. The minimum Gasteiger partial charge on any atom is -0.497 e. The summed E-state index contributed by atoms with van der Waals surface area (Å²) in [6.45, 7) is 1.59. The van der Waals surface area contributed by atoms with Gasteiger partial charge in [0, 0.05) is 6.42 Å². The van der Waals surface area contributed by atoms with Gasteiger partial charge in [-0.25, -0.2) is 0 Å². The molecule has 0 amide bonds. The monoisotopic (exact) mass is 234 g/mol. The van der Waals surface area contributed by atoms with Gasteiger partial charge in [-0.15, -0.1) is 0 Å². The van der Waals surface area contributed by atoms with E-state index in [1.807, 2.05) is 24.3 Å². The molecule has 0 fully saturated rings. The molecule has 0 bridgehead atoms. The smallest absolute Gasteiger partial charge is 0.255 e. The topological polar surface area (TPSA) is 68.4 Å². The summed E-state index contributed by atoms with van der Waals surface area (Å²) >= 11 is 0. The Balaban J connectivity index is 2.08. The first kappa shape index (κ1) is 11.6. The van der Waals surface area contributed by atoms with Crippen molar-refractivity contribution in [2.75, 3.05) is 7.11 Å². The molecule has 1 atom stereocenters. The molecule has 1 N–H and O–H groups in total. The van der Waals surface area contributed by atoms with Crippen molar-refractivity contribution in [3.63, 3.8) is 0 Å². The molecular formula is C12H14N2O3. The summed E-state index contributed by atoms with van der Waals surface area (Å²) in [4.78, 5) is 4.09. The molecule has 0 saturated carbocycles. The van der Waals surface area contributed by atoms with Crippen LogP contribution in [0.25, 0.3) is 0 Å². The van der Waals surface area contributed by atoms with Gasteiger partial charge in [0.1, 0.15) is 11.9 Å². The van der Waals surface area contributed by atoms with Crippen LogP contribution < -0.4 is 4.74 Å². The van der Waals surface area contributed by atoms with Gasteiger partial charge in [-0.2, -0.15) is 4.98 Å². The lowest BCUT2D eigenvalue weighted by Gasteiger charge is -2.00. The minimum absolute atomic E-state index is 0.244. The lowest BCUT2D eigenvalue weighted by molar-refractivity contribution is 0.151. The van der Waals surface area contributed by atoms with E-state index in [4.69, 9.17) is 9.26 Å². The second kappa shape index (κ2) is 4.97. The van der Waals surface area contributed by atoms with Crippen LogP contribution in [0.4, 0.5) is 0 Å². The van der Waals surface area contributed by atoms with Crippen molar-refractivity contribution in [3.8, 4) is 5.75 Å². The van der Waals surface area contributed by atoms with E-state index in [-0.39, 0.29) is 5.89 Å². The molecule has 2 rings (SSSR count). The van der Waals surface area contributed by atoms with Crippen LogP contribution in [-0.2, 0) is 6.42 Å². The highest BCUT2D eigenvalue weighted by Gasteiger charge is 2.11. The highest BCUT2D eigenvalue weighted by Crippen LogP contribution is 2.15. The van der Waals surface area contributed by atoms with Gasteiger partial charge in [0.05, 0.1) is 7.11 Å². The third-order valence-corrected chi connectivity index (χ3v) is 2.36. The SMILES string of the molecule is COc1ccc(Cc2noc(C(C)O)n2)cc1. The van der Waals surface area contributed by atoms with Crippen LogP contribution in [0.2, 0.25) is 0 Å². The van der Waals surface area contributed by atoms with E-state index in [9.17, 15) is 5.11 Å². The largest absolute Gasteiger partial charge is 0.497 e. The summed E-state index contributed by atoms with van der Waals surface area (Å²) in [5.41, 5.74) is 1.06. The maximum atomic E-state index is 9.26. The maximum Gasteiger partial charge on any atom is 0.255 e. The van der Waals surface area contributed by atoms with Gasteiger partial charge in [0.2, 0.25) is 0 Å². The van der Waals surface area contributed by atoms with Gasteiger partial charge in [0.15, 0.2) is 5.82 Å². The van der Waals surface area contributed by atoms with Crippen molar-refractivity contribution < 1.29 is 14.4 Å². The maximum absolute atomic E-state index is 9.26. The summed E-state index contributed by atoms with van der Waals surface area (Å²) in [5, 5.41) is 13.1. The molecule has 0 spiro atoms. The van der Waals surface area contributed by atoms with Gasteiger partial charge in [-0.1, -0.05) is 17.3 Å². The molecule has 0 aliphatic carbocycles. The Kier molecular flexibility index (Phi) is 3.39. The van der Waals surface area contributed by atoms with E-state index < -0.39 is 6.10 Å². The fourth-order valence-electron chi connectivity index (χ4n) is 1.43. The molecule has 17 heavy (non-hydrogen) atoms. The van der Waals surface area contributed by atoms with Gasteiger partial charge >= 0.3 is 0 Å². The van der Waals surface area contributed by atoms with E-state index in [2.05, 4.69) is 10.1 Å². The lowest BCUT2D eigenvalue weighted by Crippen LogP contribution is -1.94. The number of nitrogens with zero attached hydrogens (tertiary/aromatic N) is 2. The van der Waals surface area contributed by atoms with Crippen molar-refractivity contribution in [2.24, 2.45) is 0 Å². The Morgan fingerprint density at radius 2 is 2.06 bits per heavy atom. The molecule has 1 heterocycles. The van der Waals surface area contributed by atoms with Gasteiger partial charge < -0.3 is 14.4 Å². The van der Waals surface area contributed by atoms with E-state index in [1.54, 1.807) is 14.0 Å². The van der Waals surface area contributed by atoms with E-state index in [0.717, 1.165) is 11.3 Å². The number of aliphatic hydroxyl groups is 1. The van der Waals surface area contributed by atoms with Crippen LogP contribution in [0, 0.1) is 0 Å². The zero-order valence-electron chi connectivity index (χ0n) is 9.75. The van der Waals surface area contributed by atoms with Crippen LogP contribution in [0.5, 0.6) is 5.75 Å². The highest BCUT2D eigenvalue weighted by atomic mass is 16.5. The van der Waals surface area contributed by atoms with Crippen LogP contribution in [-0.4, -0.2) is 22.4 Å². The molecule has 90 valence electrons. The molecule has 0 aliphatic heterocycles. The fourth-order valence-corrected chi connectivity index (χ4v) is 1.43. The minimum atomic E-state index is -0.730. The number of methoxy groups -OCH3 is 1. The Bertz CT molecular complexity index is 477. The predicted octanol–water partition coefficient (Wildman–Crippen LogP) is 1.72. The zero-order chi connectivity index (χ0) is 12.3. The van der Waals surface area contributed by atoms with Crippen LogP contribution in [0.15, 0.2) is 28.8 Å². The summed E-state index contributed by atoms with van der Waals surface area (Å²) in [5.74, 6) is 1.62. The number of hydrogen-bond acceptors (Lipinski definition) is 5. The van der Waals surface area contributed by atoms with E-state index >= 15 is 0 Å². The first-order valence-corrected chi connectivity index (χ1v) is 5.32. The average molecular weight is 234 g/mol. The first-order chi connectivity index (χ1) is 8.19. The molecule has 0 aliphatic rings. The summed E-state index contributed by atoms with van der Waals surface area (Å²) < 4.78 is 9.98. The van der Waals surface area contributed by atoms with Crippen molar-refractivity contribution in [1.82, 2.24) is 10.1 Å². The average Bonchev–Trinajstić information content (AvgIpc) is 2.79. The molecule has 1 unspecified atom stereocenters. The summed E-state index contributed by atoms with van der Waals surface area (Å²) in [6.07, 6.45) is -0.160. The Morgan fingerprint density at radius 1 is 1.35 bits per heavy atom. The second-order valence-corrected chi connectivity index (χ2v) is 3.75. The van der Waals surface area contributed by atoms with Gasteiger partial charge in [-0.3, -0.25) is 0 Å². The van der Waals surface area contributed by atoms with Crippen molar-refractivity contribution in [3.05, 3.63) is 41.5 Å². The number of benzene rings is 1. The molecule has 0 radical (unpaired) electrons. The van der Waals surface area contributed by atoms with Crippen molar-refractivity contribution >= 4 is 0 Å². The number of ether oxygens (including phenoxy) is 1. The fraction of sp³-hybridized carbons (Fsp3) is 0.333. The predicted molar refractivity (Wildman–Crippen MR) is 60.7 cm³/mol. The standard InChI is InChI=1S/C12H14N2O3/c1-8(15)12-13-11(14-17-12)7-9-3-5-10(16-2)6-4-9/h3-6,8,15H,7H2,1-2H3. The Hall–Kier alpha value is -1.88. The summed E-state index contributed by atoms with van der Waals surface area (Å²) in [7, 11) is 1.63. The second-order valence-electron chi connectivity index (χ2n) is 3.75. The Labute approximate surface area is 99.0 Å². The van der Waals surface area contributed by atoms with Gasteiger partial charge in [-0.05, 0) is 24.6 Å². The quantitative estimate of drug-likeness (QED) is 0.872. The molecular weight excluding hydrogens is 220 g/mol. The number of aliphatic hydroxyl groups excluding tert-OH is 1.